The van der Waals surface area contributed by atoms with Gasteiger partial charge in [0.15, 0.2) is 0 Å². The summed E-state index contributed by atoms with van der Waals surface area (Å²) in [6.45, 7) is 5.40. The summed E-state index contributed by atoms with van der Waals surface area (Å²) in [7, 11) is 1.51. The number of thiophene rings is 1. The molecule has 0 atom stereocenters. The maximum absolute atomic E-state index is 12.6. The number of carbonyl (C=O) groups is 3. The van der Waals surface area contributed by atoms with Gasteiger partial charge in [0.1, 0.15) is 5.00 Å². The fraction of sp³-hybridized carbons (Fsp3) is 0.278. The average Bonchev–Trinajstić information content (AvgIpc) is 2.90. The lowest BCUT2D eigenvalue weighted by molar-refractivity contribution is 0.0527. The maximum Gasteiger partial charge on any atom is 0.341 e. The van der Waals surface area contributed by atoms with Crippen molar-refractivity contribution in [2.45, 2.75) is 20.8 Å². The first-order chi connectivity index (χ1) is 11.9. The molecule has 6 nitrogen and oxygen atoms in total. The first-order valence-electron chi connectivity index (χ1n) is 7.80. The molecule has 0 saturated heterocycles. The van der Waals surface area contributed by atoms with E-state index < -0.39 is 5.97 Å². The van der Waals surface area contributed by atoms with E-state index in [2.05, 4.69) is 10.6 Å². The quantitative estimate of drug-likeness (QED) is 0.802. The van der Waals surface area contributed by atoms with Crippen LogP contribution in [0.5, 0.6) is 0 Å². The third kappa shape index (κ3) is 3.88. The highest BCUT2D eigenvalue weighted by molar-refractivity contribution is 7.18. The zero-order valence-electron chi connectivity index (χ0n) is 14.6. The van der Waals surface area contributed by atoms with E-state index in [1.807, 2.05) is 19.1 Å². The number of hydrogen-bond donors (Lipinski definition) is 2. The van der Waals surface area contributed by atoms with E-state index in [4.69, 9.17) is 4.74 Å². The number of rotatable bonds is 5. The summed E-state index contributed by atoms with van der Waals surface area (Å²) in [6, 6.07) is 7.14. The van der Waals surface area contributed by atoms with Crippen molar-refractivity contribution < 1.29 is 19.1 Å². The monoisotopic (exact) mass is 360 g/mol. The van der Waals surface area contributed by atoms with Crippen LogP contribution in [-0.2, 0) is 4.74 Å². The van der Waals surface area contributed by atoms with E-state index in [1.54, 1.807) is 26.0 Å². The highest BCUT2D eigenvalue weighted by Crippen LogP contribution is 2.34. The predicted molar refractivity (Wildman–Crippen MR) is 97.5 cm³/mol. The highest BCUT2D eigenvalue weighted by Gasteiger charge is 2.26. The summed E-state index contributed by atoms with van der Waals surface area (Å²) in [4.78, 5) is 37.3. The van der Waals surface area contributed by atoms with Gasteiger partial charge >= 0.3 is 5.97 Å². The number of ether oxygens (including phenoxy) is 1. The molecule has 0 bridgehead atoms. The largest absolute Gasteiger partial charge is 0.462 e. The fourth-order valence-corrected chi connectivity index (χ4v) is 3.52. The zero-order chi connectivity index (χ0) is 18.6. The third-order valence-electron chi connectivity index (χ3n) is 3.68. The number of esters is 1. The Labute approximate surface area is 150 Å². The molecule has 1 aromatic heterocycles. The van der Waals surface area contributed by atoms with E-state index >= 15 is 0 Å². The first-order valence-corrected chi connectivity index (χ1v) is 8.61. The average molecular weight is 360 g/mol. The molecule has 7 heteroatoms. The Balaban J connectivity index is 2.45. The summed E-state index contributed by atoms with van der Waals surface area (Å²) in [5.74, 6) is -1.22. The minimum Gasteiger partial charge on any atom is -0.462 e. The summed E-state index contributed by atoms with van der Waals surface area (Å²) in [5, 5.41) is 5.59. The van der Waals surface area contributed by atoms with Crippen molar-refractivity contribution in [2.24, 2.45) is 0 Å². The standard InChI is InChI=1S/C18H20N2O4S/c1-5-24-18(23)13-11(3)14(16(22)19-4)25-17(13)20-15(21)12-9-7-6-8-10(12)2/h6-9H,5H2,1-4H3,(H,19,22)(H,20,21). The van der Waals surface area contributed by atoms with Gasteiger partial charge in [-0.25, -0.2) is 4.79 Å². The zero-order valence-corrected chi connectivity index (χ0v) is 15.4. The van der Waals surface area contributed by atoms with Crippen molar-refractivity contribution >= 4 is 34.1 Å². The molecule has 0 aliphatic carbocycles. The number of carbonyl (C=O) groups excluding carboxylic acids is 3. The molecular formula is C18H20N2O4S. The van der Waals surface area contributed by atoms with Gasteiger partial charge in [0.2, 0.25) is 0 Å². The van der Waals surface area contributed by atoms with Crippen molar-refractivity contribution in [3.8, 4) is 0 Å². The van der Waals surface area contributed by atoms with Crippen molar-refractivity contribution in [1.82, 2.24) is 5.32 Å². The normalized spacial score (nSPS) is 10.2. The second kappa shape index (κ2) is 7.94. The number of amides is 2. The molecule has 0 aliphatic heterocycles. The van der Waals surface area contributed by atoms with Gasteiger partial charge in [0, 0.05) is 12.6 Å². The predicted octanol–water partition coefficient (Wildman–Crippen LogP) is 3.15. The Bertz CT molecular complexity index is 826. The number of benzene rings is 1. The third-order valence-corrected chi connectivity index (χ3v) is 4.88. The molecule has 2 amide bonds. The minimum absolute atomic E-state index is 0.203. The lowest BCUT2D eigenvalue weighted by atomic mass is 10.1. The molecule has 2 aromatic rings. The maximum atomic E-state index is 12.6. The second-order valence-electron chi connectivity index (χ2n) is 5.33. The van der Waals surface area contributed by atoms with E-state index in [0.29, 0.717) is 21.0 Å². The number of nitrogens with one attached hydrogen (secondary N) is 2. The van der Waals surface area contributed by atoms with Crippen molar-refractivity contribution in [2.75, 3.05) is 19.0 Å². The van der Waals surface area contributed by atoms with Crippen LogP contribution < -0.4 is 10.6 Å². The molecule has 0 aliphatic rings. The van der Waals surface area contributed by atoms with Crippen LogP contribution in [0.25, 0.3) is 0 Å². The van der Waals surface area contributed by atoms with Crippen LogP contribution in [-0.4, -0.2) is 31.4 Å². The molecule has 25 heavy (non-hydrogen) atoms. The SMILES string of the molecule is CCOC(=O)c1c(NC(=O)c2ccccc2C)sc(C(=O)NC)c1C. The topological polar surface area (TPSA) is 84.5 Å². The molecule has 0 unspecified atom stereocenters. The van der Waals surface area contributed by atoms with E-state index in [0.717, 1.165) is 16.9 Å². The van der Waals surface area contributed by atoms with Gasteiger partial charge < -0.3 is 15.4 Å². The Morgan fingerprint density at radius 1 is 1.12 bits per heavy atom. The summed E-state index contributed by atoms with van der Waals surface area (Å²) in [6.07, 6.45) is 0. The lowest BCUT2D eigenvalue weighted by Crippen LogP contribution is -2.18. The Morgan fingerprint density at radius 3 is 2.40 bits per heavy atom. The molecule has 0 fully saturated rings. The van der Waals surface area contributed by atoms with Crippen LogP contribution in [0.4, 0.5) is 5.00 Å². The highest BCUT2D eigenvalue weighted by atomic mass is 32.1. The van der Waals surface area contributed by atoms with Gasteiger partial charge in [0.25, 0.3) is 11.8 Å². The van der Waals surface area contributed by atoms with Gasteiger partial charge in [-0.3, -0.25) is 9.59 Å². The van der Waals surface area contributed by atoms with Gasteiger partial charge in [0.05, 0.1) is 17.0 Å². The van der Waals surface area contributed by atoms with Crippen LogP contribution in [0.2, 0.25) is 0 Å². The first kappa shape index (κ1) is 18.7. The lowest BCUT2D eigenvalue weighted by Gasteiger charge is -2.08. The minimum atomic E-state index is -0.563. The molecule has 2 N–H and O–H groups in total. The van der Waals surface area contributed by atoms with Crippen LogP contribution in [0, 0.1) is 13.8 Å². The van der Waals surface area contributed by atoms with E-state index in [-0.39, 0.29) is 24.0 Å². The molecule has 132 valence electrons. The molecule has 1 aromatic carbocycles. The summed E-state index contributed by atoms with van der Waals surface area (Å²) >= 11 is 1.06. The smallest absolute Gasteiger partial charge is 0.341 e. The van der Waals surface area contributed by atoms with Gasteiger partial charge in [-0.2, -0.15) is 0 Å². The molecule has 2 rings (SSSR count). The van der Waals surface area contributed by atoms with Crippen LogP contribution in [0.3, 0.4) is 0 Å². The van der Waals surface area contributed by atoms with Crippen LogP contribution >= 0.6 is 11.3 Å². The molecule has 0 radical (unpaired) electrons. The molecule has 0 saturated carbocycles. The Kier molecular flexibility index (Phi) is 5.93. The molecule has 1 heterocycles. The van der Waals surface area contributed by atoms with Crippen molar-refractivity contribution in [1.29, 1.82) is 0 Å². The molecule has 0 spiro atoms. The number of aryl methyl sites for hydroxylation is 1. The van der Waals surface area contributed by atoms with Gasteiger partial charge in [-0.15, -0.1) is 11.3 Å². The van der Waals surface area contributed by atoms with Crippen molar-refractivity contribution in [3.05, 3.63) is 51.4 Å². The Hall–Kier alpha value is -2.67. The molecular weight excluding hydrogens is 340 g/mol. The van der Waals surface area contributed by atoms with Gasteiger partial charge in [-0.1, -0.05) is 18.2 Å². The van der Waals surface area contributed by atoms with Crippen LogP contribution in [0.15, 0.2) is 24.3 Å². The van der Waals surface area contributed by atoms with E-state index in [9.17, 15) is 14.4 Å². The van der Waals surface area contributed by atoms with Crippen molar-refractivity contribution in [3.63, 3.8) is 0 Å². The second-order valence-corrected chi connectivity index (χ2v) is 6.35. The fourth-order valence-electron chi connectivity index (χ4n) is 2.38. The van der Waals surface area contributed by atoms with Crippen LogP contribution in [0.1, 0.15) is 48.4 Å². The summed E-state index contributed by atoms with van der Waals surface area (Å²) < 4.78 is 5.07. The number of anilines is 1. The number of hydrogen-bond acceptors (Lipinski definition) is 5. The van der Waals surface area contributed by atoms with Gasteiger partial charge in [-0.05, 0) is 38.0 Å². The summed E-state index contributed by atoms with van der Waals surface area (Å²) in [5.41, 5.74) is 2.03. The van der Waals surface area contributed by atoms with E-state index in [1.165, 1.54) is 7.05 Å². The Morgan fingerprint density at radius 2 is 1.80 bits per heavy atom.